The van der Waals surface area contributed by atoms with E-state index in [-0.39, 0.29) is 0 Å². The first-order chi connectivity index (χ1) is 10.8. The molecule has 1 aliphatic rings. The van der Waals surface area contributed by atoms with Crippen molar-refractivity contribution in [3.05, 3.63) is 48.5 Å². The molecule has 0 bridgehead atoms. The molecule has 1 aromatic carbocycles. The van der Waals surface area contributed by atoms with Crippen molar-refractivity contribution in [1.82, 2.24) is 9.55 Å². The smallest absolute Gasteiger partial charge is 0.173 e. The summed E-state index contributed by atoms with van der Waals surface area (Å²) in [6, 6.07) is 8.08. The molecule has 0 spiro atoms. The number of rotatable bonds is 6. The van der Waals surface area contributed by atoms with Crippen LogP contribution in [0.25, 0.3) is 0 Å². The Bertz CT molecular complexity index is 577. The molecule has 0 unspecified atom stereocenters. The van der Waals surface area contributed by atoms with E-state index >= 15 is 0 Å². The molecule has 3 rings (SSSR count). The van der Waals surface area contributed by atoms with E-state index in [1.807, 2.05) is 30.7 Å². The molecule has 2 heterocycles. The van der Waals surface area contributed by atoms with E-state index in [0.717, 1.165) is 50.3 Å². The highest BCUT2D eigenvalue weighted by Gasteiger charge is 2.34. The van der Waals surface area contributed by atoms with Crippen molar-refractivity contribution in [3.63, 3.8) is 0 Å². The minimum Gasteiger partial charge on any atom is -0.497 e. The number of nitrogens with zero attached hydrogens (tertiary/aromatic N) is 2. The van der Waals surface area contributed by atoms with Gasteiger partial charge in [-0.15, -0.1) is 0 Å². The third-order valence-corrected chi connectivity index (χ3v) is 3.94. The van der Waals surface area contributed by atoms with Crippen LogP contribution >= 0.6 is 0 Å². The van der Waals surface area contributed by atoms with Crippen LogP contribution in [0.3, 0.4) is 0 Å². The lowest BCUT2D eigenvalue weighted by Gasteiger charge is -2.37. The van der Waals surface area contributed by atoms with Gasteiger partial charge in [0.2, 0.25) is 0 Å². The quantitative estimate of drug-likeness (QED) is 0.823. The number of methoxy groups -OCH3 is 1. The van der Waals surface area contributed by atoms with E-state index in [0.29, 0.717) is 0 Å². The molecule has 0 amide bonds. The van der Waals surface area contributed by atoms with Crippen molar-refractivity contribution in [2.45, 2.75) is 31.6 Å². The molecule has 2 aromatic rings. The van der Waals surface area contributed by atoms with Crippen LogP contribution in [-0.4, -0.2) is 35.7 Å². The van der Waals surface area contributed by atoms with Crippen LogP contribution in [0.1, 0.15) is 18.4 Å². The van der Waals surface area contributed by atoms with Gasteiger partial charge in [-0.25, -0.2) is 4.98 Å². The summed E-state index contributed by atoms with van der Waals surface area (Å²) >= 11 is 0. The van der Waals surface area contributed by atoms with Crippen molar-refractivity contribution in [2.24, 2.45) is 0 Å². The lowest BCUT2D eigenvalue weighted by Crippen LogP contribution is -2.43. The zero-order valence-corrected chi connectivity index (χ0v) is 12.9. The van der Waals surface area contributed by atoms with E-state index in [1.54, 1.807) is 13.3 Å². The average Bonchev–Trinajstić information content (AvgIpc) is 3.08. The third-order valence-electron chi connectivity index (χ3n) is 3.94. The Kier molecular flexibility index (Phi) is 4.75. The van der Waals surface area contributed by atoms with Gasteiger partial charge in [-0.3, -0.25) is 0 Å². The first-order valence-electron chi connectivity index (χ1n) is 7.66. The molecule has 0 N–H and O–H groups in total. The fourth-order valence-electron chi connectivity index (χ4n) is 2.76. The molecule has 0 aliphatic carbocycles. The summed E-state index contributed by atoms with van der Waals surface area (Å²) in [5.74, 6) is 0.299. The molecule has 22 heavy (non-hydrogen) atoms. The van der Waals surface area contributed by atoms with Crippen LogP contribution in [0.4, 0.5) is 0 Å². The topological polar surface area (TPSA) is 45.5 Å². The van der Waals surface area contributed by atoms with Crippen LogP contribution < -0.4 is 4.74 Å². The first-order valence-corrected chi connectivity index (χ1v) is 7.66. The monoisotopic (exact) mass is 302 g/mol. The summed E-state index contributed by atoms with van der Waals surface area (Å²) < 4.78 is 19.4. The fourth-order valence-corrected chi connectivity index (χ4v) is 2.76. The maximum Gasteiger partial charge on any atom is 0.173 e. The second-order valence-corrected chi connectivity index (χ2v) is 5.54. The van der Waals surface area contributed by atoms with Crippen LogP contribution in [0.5, 0.6) is 5.75 Å². The maximum absolute atomic E-state index is 6.04. The molecule has 5 heteroatoms. The highest BCUT2D eigenvalue weighted by Crippen LogP contribution is 2.29. The standard InChI is InChI=1S/C17H22N2O3/c1-20-16-5-2-4-15(12-16)13-17(21-10-3-11-22-17)6-8-19-9-7-18-14-19/h2,4-5,7,9,12,14H,3,6,8,10-11,13H2,1H3. The molecular formula is C17H22N2O3. The molecule has 5 nitrogen and oxygen atoms in total. The molecule has 0 atom stereocenters. The summed E-state index contributed by atoms with van der Waals surface area (Å²) in [6.07, 6.45) is 8.03. The lowest BCUT2D eigenvalue weighted by atomic mass is 10.0. The molecule has 0 saturated carbocycles. The average molecular weight is 302 g/mol. The van der Waals surface area contributed by atoms with Gasteiger partial charge in [-0.1, -0.05) is 12.1 Å². The number of hydrogen-bond acceptors (Lipinski definition) is 4. The van der Waals surface area contributed by atoms with Crippen LogP contribution in [-0.2, 0) is 22.4 Å². The molecule has 0 radical (unpaired) electrons. The summed E-state index contributed by atoms with van der Waals surface area (Å²) in [5, 5.41) is 0. The number of aryl methyl sites for hydroxylation is 1. The number of imidazole rings is 1. The van der Waals surface area contributed by atoms with Crippen molar-refractivity contribution in [3.8, 4) is 5.75 Å². The highest BCUT2D eigenvalue weighted by molar-refractivity contribution is 5.29. The van der Waals surface area contributed by atoms with Gasteiger partial charge in [0, 0.05) is 31.8 Å². The van der Waals surface area contributed by atoms with E-state index in [2.05, 4.69) is 15.6 Å². The van der Waals surface area contributed by atoms with Gasteiger partial charge in [0.15, 0.2) is 5.79 Å². The number of hydrogen-bond donors (Lipinski definition) is 0. The van der Waals surface area contributed by atoms with Gasteiger partial charge >= 0.3 is 0 Å². The Balaban J connectivity index is 1.73. The van der Waals surface area contributed by atoms with E-state index in [9.17, 15) is 0 Å². The summed E-state index contributed by atoms with van der Waals surface area (Å²) in [6.45, 7) is 2.31. The van der Waals surface area contributed by atoms with Gasteiger partial charge < -0.3 is 18.8 Å². The SMILES string of the molecule is COc1cccc(CC2(CCn3ccnc3)OCCCO2)c1. The zero-order valence-electron chi connectivity index (χ0n) is 12.9. The van der Waals surface area contributed by atoms with E-state index in [4.69, 9.17) is 14.2 Å². The van der Waals surface area contributed by atoms with Crippen molar-refractivity contribution in [1.29, 1.82) is 0 Å². The van der Waals surface area contributed by atoms with E-state index < -0.39 is 5.79 Å². The Morgan fingerprint density at radius 3 is 2.91 bits per heavy atom. The third kappa shape index (κ3) is 3.67. The molecule has 1 fully saturated rings. The minimum atomic E-state index is -0.561. The van der Waals surface area contributed by atoms with Crippen molar-refractivity contribution in [2.75, 3.05) is 20.3 Å². The largest absolute Gasteiger partial charge is 0.497 e. The van der Waals surface area contributed by atoms with Crippen molar-refractivity contribution < 1.29 is 14.2 Å². The lowest BCUT2D eigenvalue weighted by molar-refractivity contribution is -0.270. The van der Waals surface area contributed by atoms with Gasteiger partial charge in [-0.05, 0) is 24.1 Å². The summed E-state index contributed by atoms with van der Waals surface area (Å²) in [4.78, 5) is 4.08. The molecule has 1 saturated heterocycles. The van der Waals surface area contributed by atoms with Crippen LogP contribution in [0.15, 0.2) is 43.0 Å². The molecule has 118 valence electrons. The molecule has 1 aliphatic heterocycles. The Morgan fingerprint density at radius 2 is 2.18 bits per heavy atom. The summed E-state index contributed by atoms with van der Waals surface area (Å²) in [5.41, 5.74) is 1.16. The Hall–Kier alpha value is -1.85. The fraction of sp³-hybridized carbons (Fsp3) is 0.471. The second-order valence-electron chi connectivity index (χ2n) is 5.54. The predicted molar refractivity (Wildman–Crippen MR) is 82.8 cm³/mol. The van der Waals surface area contributed by atoms with Gasteiger partial charge in [0.25, 0.3) is 0 Å². The van der Waals surface area contributed by atoms with Crippen LogP contribution in [0, 0.1) is 0 Å². The Labute approximate surface area is 130 Å². The Morgan fingerprint density at radius 1 is 1.32 bits per heavy atom. The number of aromatic nitrogens is 2. The normalized spacial score (nSPS) is 17.3. The maximum atomic E-state index is 6.04. The zero-order chi connectivity index (χ0) is 15.3. The van der Waals surface area contributed by atoms with Gasteiger partial charge in [0.1, 0.15) is 5.75 Å². The number of ether oxygens (including phenoxy) is 3. The first kappa shape index (κ1) is 15.1. The second kappa shape index (κ2) is 6.94. The predicted octanol–water partition coefficient (Wildman–Crippen LogP) is 2.66. The molecular weight excluding hydrogens is 280 g/mol. The summed E-state index contributed by atoms with van der Waals surface area (Å²) in [7, 11) is 1.68. The van der Waals surface area contributed by atoms with Crippen molar-refractivity contribution >= 4 is 0 Å². The van der Waals surface area contributed by atoms with Gasteiger partial charge in [0.05, 0.1) is 26.7 Å². The van der Waals surface area contributed by atoms with E-state index in [1.165, 1.54) is 0 Å². The highest BCUT2D eigenvalue weighted by atomic mass is 16.7. The minimum absolute atomic E-state index is 0.561. The van der Waals surface area contributed by atoms with Crippen LogP contribution in [0.2, 0.25) is 0 Å². The van der Waals surface area contributed by atoms with Gasteiger partial charge in [-0.2, -0.15) is 0 Å². The number of benzene rings is 1. The molecule has 1 aromatic heterocycles.